The highest BCUT2D eigenvalue weighted by molar-refractivity contribution is 5.77. The lowest BCUT2D eigenvalue weighted by molar-refractivity contribution is -0.135. The molecule has 1 saturated heterocycles. The van der Waals surface area contributed by atoms with Crippen LogP contribution in [0.25, 0.3) is 0 Å². The number of nitrogens with zero attached hydrogens (tertiary/aromatic N) is 2. The highest BCUT2D eigenvalue weighted by Gasteiger charge is 2.21. The zero-order valence-corrected chi connectivity index (χ0v) is 12.7. The molecule has 1 aliphatic heterocycles. The molecule has 5 nitrogen and oxygen atoms in total. The summed E-state index contributed by atoms with van der Waals surface area (Å²) in [7, 11) is 2.16. The van der Waals surface area contributed by atoms with Crippen LogP contribution in [0.2, 0.25) is 0 Å². The molecule has 0 saturated carbocycles. The van der Waals surface area contributed by atoms with E-state index in [4.69, 9.17) is 10.8 Å². The molecule has 21 heavy (non-hydrogen) atoms. The fourth-order valence-corrected chi connectivity index (χ4v) is 3.04. The van der Waals surface area contributed by atoms with Crippen molar-refractivity contribution in [3.8, 4) is 0 Å². The maximum Gasteiger partial charge on any atom is 0.323 e. The van der Waals surface area contributed by atoms with Crippen LogP contribution in [-0.2, 0) is 4.79 Å². The van der Waals surface area contributed by atoms with Gasteiger partial charge in [0.2, 0.25) is 0 Å². The van der Waals surface area contributed by atoms with Gasteiger partial charge in [-0.05, 0) is 45.0 Å². The second-order valence-corrected chi connectivity index (χ2v) is 5.79. The summed E-state index contributed by atoms with van der Waals surface area (Å²) < 4.78 is 0. The van der Waals surface area contributed by atoms with Crippen molar-refractivity contribution in [1.29, 1.82) is 0 Å². The number of rotatable bonds is 6. The standard InChI is InChI=1S/C16H25N3O2/c1-18-10-5-4-6-13(18)9-11-19(12-16(20)21)15-8-3-2-7-14(15)17/h2-3,7-8,13H,4-6,9-12,17H2,1H3,(H,20,21). The number of anilines is 2. The number of carboxylic acids is 1. The van der Waals surface area contributed by atoms with Crippen molar-refractivity contribution in [2.45, 2.75) is 31.7 Å². The lowest BCUT2D eigenvalue weighted by atomic mass is 10.00. The average molecular weight is 291 g/mol. The second kappa shape index (κ2) is 7.31. The molecule has 0 radical (unpaired) electrons. The van der Waals surface area contributed by atoms with Crippen molar-refractivity contribution in [1.82, 2.24) is 4.90 Å². The number of benzene rings is 1. The molecule has 1 aromatic carbocycles. The van der Waals surface area contributed by atoms with Crippen molar-refractivity contribution < 1.29 is 9.90 Å². The molecule has 2 rings (SSSR count). The molecule has 116 valence electrons. The maximum absolute atomic E-state index is 11.1. The zero-order chi connectivity index (χ0) is 15.2. The van der Waals surface area contributed by atoms with Crippen LogP contribution < -0.4 is 10.6 Å². The van der Waals surface area contributed by atoms with E-state index >= 15 is 0 Å². The van der Waals surface area contributed by atoms with Gasteiger partial charge in [0, 0.05) is 12.6 Å². The largest absolute Gasteiger partial charge is 0.480 e. The number of carboxylic acid groups (broad SMARTS) is 1. The van der Waals surface area contributed by atoms with E-state index < -0.39 is 5.97 Å². The summed E-state index contributed by atoms with van der Waals surface area (Å²) >= 11 is 0. The quantitative estimate of drug-likeness (QED) is 0.785. The summed E-state index contributed by atoms with van der Waals surface area (Å²) in [6.45, 7) is 1.84. The zero-order valence-electron chi connectivity index (χ0n) is 12.7. The first-order valence-electron chi connectivity index (χ1n) is 7.59. The summed E-state index contributed by atoms with van der Waals surface area (Å²) in [4.78, 5) is 15.4. The third-order valence-electron chi connectivity index (χ3n) is 4.26. The third-order valence-corrected chi connectivity index (χ3v) is 4.26. The third kappa shape index (κ3) is 4.36. The average Bonchev–Trinajstić information content (AvgIpc) is 2.45. The molecule has 1 fully saturated rings. The van der Waals surface area contributed by atoms with Gasteiger partial charge in [0.05, 0.1) is 11.4 Å². The summed E-state index contributed by atoms with van der Waals surface area (Å²) in [6.07, 6.45) is 4.69. The summed E-state index contributed by atoms with van der Waals surface area (Å²) in [6, 6.07) is 8.01. The van der Waals surface area contributed by atoms with Crippen molar-refractivity contribution in [3.05, 3.63) is 24.3 Å². The van der Waals surface area contributed by atoms with Gasteiger partial charge in [-0.25, -0.2) is 0 Å². The predicted molar refractivity (Wildman–Crippen MR) is 85.6 cm³/mol. The maximum atomic E-state index is 11.1. The number of nitrogens with two attached hydrogens (primary N) is 1. The van der Waals surface area contributed by atoms with Gasteiger partial charge in [0.15, 0.2) is 0 Å². The van der Waals surface area contributed by atoms with Crippen LogP contribution in [-0.4, -0.2) is 48.7 Å². The van der Waals surface area contributed by atoms with E-state index in [1.54, 1.807) is 0 Å². The van der Waals surface area contributed by atoms with E-state index in [1.165, 1.54) is 19.3 Å². The Morgan fingerprint density at radius 2 is 2.19 bits per heavy atom. The van der Waals surface area contributed by atoms with Gasteiger partial charge < -0.3 is 20.6 Å². The molecule has 3 N–H and O–H groups in total. The number of hydrogen-bond donors (Lipinski definition) is 2. The van der Waals surface area contributed by atoms with Crippen LogP contribution in [0.4, 0.5) is 11.4 Å². The second-order valence-electron chi connectivity index (χ2n) is 5.79. The molecule has 1 aliphatic rings. The Bertz CT molecular complexity index is 478. The van der Waals surface area contributed by atoms with Crippen LogP contribution in [0.5, 0.6) is 0 Å². The molecule has 1 atom stereocenters. The van der Waals surface area contributed by atoms with Gasteiger partial charge in [0.1, 0.15) is 6.54 Å². The van der Waals surface area contributed by atoms with Crippen LogP contribution in [0.15, 0.2) is 24.3 Å². The topological polar surface area (TPSA) is 69.8 Å². The van der Waals surface area contributed by atoms with E-state index in [-0.39, 0.29) is 6.54 Å². The predicted octanol–water partition coefficient (Wildman–Crippen LogP) is 2.03. The summed E-state index contributed by atoms with van der Waals surface area (Å²) in [5.41, 5.74) is 7.44. The Kier molecular flexibility index (Phi) is 5.44. The van der Waals surface area contributed by atoms with Crippen molar-refractivity contribution in [2.75, 3.05) is 37.3 Å². The normalized spacial score (nSPS) is 19.4. The van der Waals surface area contributed by atoms with Gasteiger partial charge in [-0.3, -0.25) is 4.79 Å². The number of carbonyl (C=O) groups is 1. The monoisotopic (exact) mass is 291 g/mol. The molecule has 0 amide bonds. The van der Waals surface area contributed by atoms with E-state index in [2.05, 4.69) is 11.9 Å². The number of hydrogen-bond acceptors (Lipinski definition) is 4. The molecule has 1 aromatic rings. The highest BCUT2D eigenvalue weighted by atomic mass is 16.4. The van der Waals surface area contributed by atoms with Crippen molar-refractivity contribution >= 4 is 17.3 Å². The van der Waals surface area contributed by atoms with E-state index in [9.17, 15) is 4.79 Å². The molecule has 0 bridgehead atoms. The highest BCUT2D eigenvalue weighted by Crippen LogP contribution is 2.24. The Hall–Kier alpha value is -1.75. The molecular formula is C16H25N3O2. The van der Waals surface area contributed by atoms with Gasteiger partial charge in [-0.1, -0.05) is 18.6 Å². The Labute approximate surface area is 126 Å². The Morgan fingerprint density at radius 1 is 1.43 bits per heavy atom. The molecule has 0 spiro atoms. The van der Waals surface area contributed by atoms with E-state index in [0.717, 1.165) is 25.2 Å². The minimum Gasteiger partial charge on any atom is -0.480 e. The lowest BCUT2D eigenvalue weighted by Gasteiger charge is -2.34. The molecule has 1 heterocycles. The Morgan fingerprint density at radius 3 is 2.86 bits per heavy atom. The number of piperidine rings is 1. The first-order valence-corrected chi connectivity index (χ1v) is 7.59. The number of aliphatic carboxylic acids is 1. The Balaban J connectivity index is 2.03. The van der Waals surface area contributed by atoms with Crippen molar-refractivity contribution in [3.63, 3.8) is 0 Å². The number of para-hydroxylation sites is 2. The SMILES string of the molecule is CN1CCCCC1CCN(CC(=O)O)c1ccccc1N. The lowest BCUT2D eigenvalue weighted by Crippen LogP contribution is -2.40. The molecule has 0 aromatic heterocycles. The fraction of sp³-hybridized carbons (Fsp3) is 0.562. The van der Waals surface area contributed by atoms with Crippen LogP contribution in [0.3, 0.4) is 0 Å². The smallest absolute Gasteiger partial charge is 0.323 e. The summed E-state index contributed by atoms with van der Waals surface area (Å²) in [5.74, 6) is -0.824. The van der Waals surface area contributed by atoms with Crippen LogP contribution in [0.1, 0.15) is 25.7 Å². The van der Waals surface area contributed by atoms with E-state index in [0.29, 0.717) is 11.7 Å². The molecule has 1 unspecified atom stereocenters. The fourth-order valence-electron chi connectivity index (χ4n) is 3.04. The van der Waals surface area contributed by atoms with Gasteiger partial charge in [-0.2, -0.15) is 0 Å². The van der Waals surface area contributed by atoms with Crippen LogP contribution >= 0.6 is 0 Å². The molecule has 0 aliphatic carbocycles. The number of nitrogen functional groups attached to an aromatic ring is 1. The van der Waals surface area contributed by atoms with E-state index in [1.807, 2.05) is 29.2 Å². The minimum atomic E-state index is -0.824. The minimum absolute atomic E-state index is 0.00928. The van der Waals surface area contributed by atoms with Crippen LogP contribution in [0, 0.1) is 0 Å². The van der Waals surface area contributed by atoms with Gasteiger partial charge in [-0.15, -0.1) is 0 Å². The molecule has 5 heteroatoms. The van der Waals surface area contributed by atoms with Crippen molar-refractivity contribution in [2.24, 2.45) is 0 Å². The van der Waals surface area contributed by atoms with Gasteiger partial charge >= 0.3 is 5.97 Å². The van der Waals surface area contributed by atoms with Gasteiger partial charge in [0.25, 0.3) is 0 Å². The first-order chi connectivity index (χ1) is 10.1. The summed E-state index contributed by atoms with van der Waals surface area (Å²) in [5, 5.41) is 9.13. The first kappa shape index (κ1) is 15.6. The molecular weight excluding hydrogens is 266 g/mol. The number of likely N-dealkylation sites (tertiary alicyclic amines) is 1.